The minimum Gasteiger partial charge on any atom is -0.465 e. The van der Waals surface area contributed by atoms with Crippen LogP contribution in [-0.2, 0) is 19.1 Å². The van der Waals surface area contributed by atoms with Crippen molar-refractivity contribution in [2.24, 2.45) is 0 Å². The van der Waals surface area contributed by atoms with Crippen molar-refractivity contribution >= 4 is 41.2 Å². The van der Waals surface area contributed by atoms with Gasteiger partial charge in [-0.1, -0.05) is 12.1 Å². The van der Waals surface area contributed by atoms with Crippen molar-refractivity contribution in [2.45, 2.75) is 0 Å². The van der Waals surface area contributed by atoms with E-state index in [0.29, 0.717) is 0 Å². The Morgan fingerprint density at radius 1 is 1.00 bits per heavy atom. The summed E-state index contributed by atoms with van der Waals surface area (Å²) in [6.07, 6.45) is 1.66. The van der Waals surface area contributed by atoms with Crippen molar-refractivity contribution in [1.82, 2.24) is 0 Å². The zero-order valence-electron chi connectivity index (χ0n) is 11.6. The van der Waals surface area contributed by atoms with Crippen molar-refractivity contribution in [3.05, 3.63) is 47.5 Å². The summed E-state index contributed by atoms with van der Waals surface area (Å²) >= 11 is 4.11. The maximum atomic E-state index is 12.1. The van der Waals surface area contributed by atoms with Crippen LogP contribution in [0.2, 0.25) is 0 Å². The summed E-state index contributed by atoms with van der Waals surface area (Å²) in [6, 6.07) is 11.1. The summed E-state index contributed by atoms with van der Waals surface area (Å²) in [5.41, 5.74) is 0.750. The molecule has 21 heavy (non-hydrogen) atoms. The van der Waals surface area contributed by atoms with E-state index >= 15 is 0 Å². The monoisotopic (exact) mass is 304 g/mol. The molecular formula is C15H14NO4S+. The van der Waals surface area contributed by atoms with Gasteiger partial charge in [-0.3, -0.25) is 0 Å². The van der Waals surface area contributed by atoms with Crippen molar-refractivity contribution in [3.8, 4) is 0 Å². The third-order valence-corrected chi connectivity index (χ3v) is 3.32. The van der Waals surface area contributed by atoms with Gasteiger partial charge in [0.15, 0.2) is 11.1 Å². The summed E-state index contributed by atoms with van der Waals surface area (Å²) in [6.45, 7) is 0. The number of carbonyl (C=O) groups is 2. The first-order valence-corrected chi connectivity index (χ1v) is 6.54. The number of fused-ring (bicyclic) bond motifs is 1. The number of rotatable bonds is 3. The summed E-state index contributed by atoms with van der Waals surface area (Å²) in [4.78, 5) is 23.6. The van der Waals surface area contributed by atoms with Crippen LogP contribution in [-0.4, -0.2) is 26.2 Å². The number of hydrogen-bond donors (Lipinski definition) is 1. The van der Waals surface area contributed by atoms with E-state index in [1.807, 2.05) is 30.3 Å². The molecule has 0 aliphatic carbocycles. The Hall–Kier alpha value is -2.34. The topological polar surface area (TPSA) is 56.5 Å². The number of benzene rings is 1. The third-order valence-electron chi connectivity index (χ3n) is 2.93. The van der Waals surface area contributed by atoms with E-state index in [1.54, 1.807) is 16.8 Å². The van der Waals surface area contributed by atoms with E-state index in [2.05, 4.69) is 17.4 Å². The van der Waals surface area contributed by atoms with Gasteiger partial charge >= 0.3 is 17.6 Å². The van der Waals surface area contributed by atoms with E-state index in [0.717, 1.165) is 10.9 Å². The molecule has 0 N–H and O–H groups in total. The van der Waals surface area contributed by atoms with Crippen LogP contribution >= 0.6 is 12.6 Å². The predicted molar refractivity (Wildman–Crippen MR) is 80.4 cm³/mol. The molecule has 108 valence electrons. The van der Waals surface area contributed by atoms with Gasteiger partial charge in [0.1, 0.15) is 0 Å². The number of ether oxygens (including phenoxy) is 2. The van der Waals surface area contributed by atoms with Gasteiger partial charge in [-0.2, -0.15) is 4.57 Å². The zero-order valence-corrected chi connectivity index (χ0v) is 12.5. The number of nitrogens with zero attached hydrogens (tertiary/aromatic N) is 1. The minimum absolute atomic E-state index is 0.00415. The van der Waals surface area contributed by atoms with Crippen molar-refractivity contribution in [3.63, 3.8) is 0 Å². The lowest BCUT2D eigenvalue weighted by atomic mass is 10.2. The molecule has 1 aromatic heterocycles. The standard InChI is InChI=1S/C15H13NO4S/c1-19-14(17)12(13(21)15(18)20-2)16-9-5-7-10-6-3-4-8-11(10)16/h3-9H,1-2H3/p+1. The highest BCUT2D eigenvalue weighted by molar-refractivity contribution is 7.85. The molecule has 0 unspecified atom stereocenters. The van der Waals surface area contributed by atoms with Gasteiger partial charge in [0.25, 0.3) is 0 Å². The van der Waals surface area contributed by atoms with Crippen molar-refractivity contribution in [1.29, 1.82) is 0 Å². The Morgan fingerprint density at radius 2 is 1.62 bits per heavy atom. The second-order valence-corrected chi connectivity index (χ2v) is 4.56. The number of carbonyl (C=O) groups excluding carboxylic acids is 2. The van der Waals surface area contributed by atoms with Crippen LogP contribution < -0.4 is 4.57 Å². The molecule has 1 heterocycles. The number of pyridine rings is 1. The highest BCUT2D eigenvalue weighted by atomic mass is 32.1. The Kier molecular flexibility index (Phi) is 4.59. The largest absolute Gasteiger partial charge is 0.465 e. The normalized spacial score (nSPS) is 11.8. The molecule has 0 saturated heterocycles. The van der Waals surface area contributed by atoms with Crippen LogP contribution in [0.5, 0.6) is 0 Å². The Balaban J connectivity index is 2.77. The van der Waals surface area contributed by atoms with E-state index in [4.69, 9.17) is 4.74 Å². The van der Waals surface area contributed by atoms with Gasteiger partial charge in [-0.05, 0) is 12.1 Å². The van der Waals surface area contributed by atoms with Crippen molar-refractivity contribution < 1.29 is 23.6 Å². The average Bonchev–Trinajstić information content (AvgIpc) is 2.54. The van der Waals surface area contributed by atoms with E-state index < -0.39 is 11.9 Å². The molecular weight excluding hydrogens is 290 g/mol. The van der Waals surface area contributed by atoms with Crippen LogP contribution in [0.4, 0.5) is 0 Å². The molecule has 0 atom stereocenters. The second-order valence-electron chi connectivity index (χ2n) is 4.12. The van der Waals surface area contributed by atoms with Gasteiger partial charge in [0.2, 0.25) is 5.52 Å². The smallest absolute Gasteiger partial charge is 0.405 e. The van der Waals surface area contributed by atoms with E-state index in [1.165, 1.54) is 14.2 Å². The molecule has 2 rings (SSSR count). The summed E-state index contributed by atoms with van der Waals surface area (Å²) in [5.74, 6) is -1.38. The molecule has 5 nitrogen and oxygen atoms in total. The molecule has 2 aromatic rings. The first-order chi connectivity index (χ1) is 10.1. The van der Waals surface area contributed by atoms with Crippen LogP contribution in [0.1, 0.15) is 0 Å². The van der Waals surface area contributed by atoms with Crippen LogP contribution in [0.3, 0.4) is 0 Å². The van der Waals surface area contributed by atoms with Gasteiger partial charge in [-0.25, -0.2) is 9.59 Å². The molecule has 1 aromatic carbocycles. The maximum absolute atomic E-state index is 12.1. The van der Waals surface area contributed by atoms with Gasteiger partial charge in [-0.15, -0.1) is 12.6 Å². The molecule has 0 fully saturated rings. The number of esters is 2. The lowest BCUT2D eigenvalue weighted by Gasteiger charge is -2.05. The second kappa shape index (κ2) is 6.41. The SMILES string of the molecule is COC(=O)C(S)=C(C(=O)OC)[n+]1cccc2ccccc21. The Morgan fingerprint density at radius 3 is 2.29 bits per heavy atom. The van der Waals surface area contributed by atoms with Gasteiger partial charge in [0, 0.05) is 17.5 Å². The minimum atomic E-state index is -0.709. The summed E-state index contributed by atoms with van der Waals surface area (Å²) in [7, 11) is 2.47. The predicted octanol–water partition coefficient (Wildman–Crippen LogP) is 1.57. The molecule has 0 bridgehead atoms. The molecule has 0 amide bonds. The number of para-hydroxylation sites is 1. The number of hydrogen-bond acceptors (Lipinski definition) is 5. The third kappa shape index (κ3) is 2.90. The molecule has 0 radical (unpaired) electrons. The molecule has 0 spiro atoms. The first-order valence-electron chi connectivity index (χ1n) is 6.09. The lowest BCUT2D eigenvalue weighted by molar-refractivity contribution is -0.549. The average molecular weight is 304 g/mol. The zero-order chi connectivity index (χ0) is 15.4. The van der Waals surface area contributed by atoms with Gasteiger partial charge < -0.3 is 9.47 Å². The molecule has 0 aliphatic rings. The van der Waals surface area contributed by atoms with Crippen LogP contribution in [0.15, 0.2) is 47.5 Å². The quantitative estimate of drug-likeness (QED) is 0.405. The summed E-state index contributed by atoms with van der Waals surface area (Å²) in [5, 5.41) is 0.910. The number of methoxy groups -OCH3 is 2. The van der Waals surface area contributed by atoms with Crippen LogP contribution in [0.25, 0.3) is 16.6 Å². The molecule has 0 aliphatic heterocycles. The molecule has 0 saturated carbocycles. The molecule has 6 heteroatoms. The maximum Gasteiger partial charge on any atom is 0.405 e. The number of aromatic nitrogens is 1. The summed E-state index contributed by atoms with van der Waals surface area (Å²) < 4.78 is 10.9. The fourth-order valence-corrected chi connectivity index (χ4v) is 2.25. The number of thiol groups is 1. The fourth-order valence-electron chi connectivity index (χ4n) is 1.96. The highest BCUT2D eigenvalue weighted by Crippen LogP contribution is 2.16. The van der Waals surface area contributed by atoms with Crippen molar-refractivity contribution in [2.75, 3.05) is 14.2 Å². The lowest BCUT2D eigenvalue weighted by Crippen LogP contribution is -2.39. The van der Waals surface area contributed by atoms with E-state index in [-0.39, 0.29) is 10.6 Å². The first kappa shape index (κ1) is 15.1. The Bertz CT molecular complexity index is 734. The Labute approximate surface area is 127 Å². The van der Waals surface area contributed by atoms with Gasteiger partial charge in [0.05, 0.1) is 14.2 Å². The highest BCUT2D eigenvalue weighted by Gasteiger charge is 2.30. The fraction of sp³-hybridized carbons (Fsp3) is 0.133. The van der Waals surface area contributed by atoms with E-state index in [9.17, 15) is 9.59 Å². The van der Waals surface area contributed by atoms with Crippen LogP contribution in [0, 0.1) is 0 Å².